The molecule has 0 bridgehead atoms. The number of anilines is 1. The number of amides is 2. The fraction of sp³-hybridized carbons (Fsp3) is 0.393. The Morgan fingerprint density at radius 3 is 2.77 bits per heavy atom. The van der Waals surface area contributed by atoms with E-state index in [4.69, 9.17) is 10.1 Å². The van der Waals surface area contributed by atoms with Crippen LogP contribution in [0, 0.1) is 5.41 Å². The van der Waals surface area contributed by atoms with E-state index in [1.807, 2.05) is 13.8 Å². The van der Waals surface area contributed by atoms with E-state index in [-0.39, 0.29) is 34.0 Å². The average Bonchev–Trinajstić information content (AvgIpc) is 3.29. The molecule has 0 saturated heterocycles. The molecule has 0 unspecified atom stereocenters. The number of aryl methyl sites for hydroxylation is 2. The van der Waals surface area contributed by atoms with Crippen molar-refractivity contribution >= 4 is 44.8 Å². The molecule has 4 aromatic rings. The molecule has 0 aromatic carbocycles. The second kappa shape index (κ2) is 11.1. The maximum absolute atomic E-state index is 13.7. The second-order valence-corrected chi connectivity index (χ2v) is 11.0. The molecule has 4 aromatic heterocycles. The normalized spacial score (nSPS) is 13.1. The van der Waals surface area contributed by atoms with E-state index in [9.17, 15) is 14.4 Å². The highest BCUT2D eigenvalue weighted by molar-refractivity contribution is 7.17. The first-order valence-electron chi connectivity index (χ1n) is 13.2. The molecule has 10 nitrogen and oxygen atoms in total. The number of carbonyl (C=O) groups is 2. The first-order chi connectivity index (χ1) is 18.8. The topological polar surface area (TPSA) is 131 Å². The first-order valence-corrected chi connectivity index (χ1v) is 14.0. The quantitative estimate of drug-likeness (QED) is 0.229. The van der Waals surface area contributed by atoms with E-state index in [0.29, 0.717) is 41.4 Å². The molecule has 1 aliphatic rings. The Kier molecular flexibility index (Phi) is 7.62. The van der Waals surface area contributed by atoms with Crippen molar-refractivity contribution in [3.63, 3.8) is 0 Å². The lowest BCUT2D eigenvalue weighted by Crippen LogP contribution is -2.32. The van der Waals surface area contributed by atoms with Gasteiger partial charge in [0, 0.05) is 31.3 Å². The zero-order valence-electron chi connectivity index (χ0n) is 22.3. The van der Waals surface area contributed by atoms with Crippen molar-refractivity contribution < 1.29 is 14.3 Å². The van der Waals surface area contributed by atoms with E-state index in [2.05, 4.69) is 15.6 Å². The number of rotatable bonds is 8. The van der Waals surface area contributed by atoms with Crippen LogP contribution in [0.15, 0.2) is 35.3 Å². The molecule has 0 spiro atoms. The Balaban J connectivity index is 1.61. The largest absolute Gasteiger partial charge is 0.379 e. The summed E-state index contributed by atoms with van der Waals surface area (Å²) in [5.41, 5.74) is 1.93. The number of carbonyl (C=O) groups excluding carboxylic acids is 2. The first kappa shape index (κ1) is 26.8. The SMILES string of the molecule is CNC(=O)c1c(NC(=O)c2cc3c(=O)n4ccccc4nc3n(CCCOC(C)C)c2=N)sc2c1CCCC2. The van der Waals surface area contributed by atoms with Gasteiger partial charge in [-0.25, -0.2) is 4.98 Å². The van der Waals surface area contributed by atoms with Crippen LogP contribution in [-0.2, 0) is 24.1 Å². The highest BCUT2D eigenvalue weighted by Gasteiger charge is 2.27. The highest BCUT2D eigenvalue weighted by Crippen LogP contribution is 2.38. The van der Waals surface area contributed by atoms with Crippen LogP contribution in [0.4, 0.5) is 5.00 Å². The Labute approximate surface area is 229 Å². The number of fused-ring (bicyclic) bond motifs is 3. The number of nitrogens with zero attached hydrogens (tertiary/aromatic N) is 3. The number of hydrogen-bond acceptors (Lipinski definition) is 7. The summed E-state index contributed by atoms with van der Waals surface area (Å²) >= 11 is 1.41. The van der Waals surface area contributed by atoms with Gasteiger partial charge in [-0.05, 0) is 69.7 Å². The number of hydrogen-bond donors (Lipinski definition) is 3. The van der Waals surface area contributed by atoms with Crippen molar-refractivity contribution in [1.82, 2.24) is 19.3 Å². The van der Waals surface area contributed by atoms with E-state index in [0.717, 1.165) is 36.1 Å². The van der Waals surface area contributed by atoms with Crippen LogP contribution in [0.25, 0.3) is 16.7 Å². The second-order valence-electron chi connectivity index (χ2n) is 9.86. The van der Waals surface area contributed by atoms with Gasteiger partial charge in [0.05, 0.1) is 22.6 Å². The van der Waals surface area contributed by atoms with E-state index >= 15 is 0 Å². The molecule has 4 heterocycles. The molecular formula is C28H32N6O4S. The third-order valence-electron chi connectivity index (χ3n) is 6.89. The fourth-order valence-corrected chi connectivity index (χ4v) is 6.29. The lowest BCUT2D eigenvalue weighted by atomic mass is 9.95. The number of ether oxygens (including phenoxy) is 1. The van der Waals surface area contributed by atoms with Crippen LogP contribution in [0.2, 0.25) is 0 Å². The predicted octanol–water partition coefficient (Wildman–Crippen LogP) is 3.50. The number of pyridine rings is 2. The van der Waals surface area contributed by atoms with Gasteiger partial charge in [-0.2, -0.15) is 0 Å². The minimum absolute atomic E-state index is 0.0382. The number of aromatic nitrogens is 3. The maximum atomic E-state index is 13.7. The molecule has 2 amide bonds. The third-order valence-corrected chi connectivity index (χ3v) is 8.10. The Hall–Kier alpha value is -3.83. The summed E-state index contributed by atoms with van der Waals surface area (Å²) in [6, 6.07) is 6.71. The minimum Gasteiger partial charge on any atom is -0.379 e. The summed E-state index contributed by atoms with van der Waals surface area (Å²) in [5.74, 6) is -0.793. The molecule has 0 atom stereocenters. The minimum atomic E-state index is -0.546. The highest BCUT2D eigenvalue weighted by atomic mass is 32.1. The van der Waals surface area contributed by atoms with Gasteiger partial charge in [0.15, 0.2) is 0 Å². The maximum Gasteiger partial charge on any atom is 0.267 e. The van der Waals surface area contributed by atoms with Crippen molar-refractivity contribution in [2.75, 3.05) is 19.0 Å². The summed E-state index contributed by atoms with van der Waals surface area (Å²) in [6.07, 6.45) is 5.96. The van der Waals surface area contributed by atoms with Crippen LogP contribution < -0.4 is 21.7 Å². The molecule has 0 radical (unpaired) electrons. The van der Waals surface area contributed by atoms with Crippen molar-refractivity contribution in [3.8, 4) is 0 Å². The van der Waals surface area contributed by atoms with E-state index in [1.54, 1.807) is 36.0 Å². The van der Waals surface area contributed by atoms with Gasteiger partial charge < -0.3 is 19.9 Å². The molecule has 11 heteroatoms. The van der Waals surface area contributed by atoms with Crippen molar-refractivity contribution in [1.29, 1.82) is 5.41 Å². The van der Waals surface area contributed by atoms with Gasteiger partial charge in [-0.15, -0.1) is 11.3 Å². The lowest BCUT2D eigenvalue weighted by Gasteiger charge is -2.15. The van der Waals surface area contributed by atoms with Crippen molar-refractivity contribution in [2.45, 2.75) is 58.6 Å². The fourth-order valence-electron chi connectivity index (χ4n) is 5.01. The molecule has 5 rings (SSSR count). The molecule has 204 valence electrons. The van der Waals surface area contributed by atoms with E-state index in [1.165, 1.54) is 21.8 Å². The summed E-state index contributed by atoms with van der Waals surface area (Å²) in [6.45, 7) is 4.71. The van der Waals surface area contributed by atoms with E-state index < -0.39 is 5.91 Å². The van der Waals surface area contributed by atoms with Crippen LogP contribution >= 0.6 is 11.3 Å². The van der Waals surface area contributed by atoms with Gasteiger partial charge in [-0.1, -0.05) is 6.07 Å². The zero-order chi connectivity index (χ0) is 27.7. The van der Waals surface area contributed by atoms with Gasteiger partial charge in [0.1, 0.15) is 21.8 Å². The molecule has 0 fully saturated rings. The van der Waals surface area contributed by atoms with Crippen molar-refractivity contribution in [3.05, 3.63) is 67.9 Å². The zero-order valence-corrected chi connectivity index (χ0v) is 23.1. The summed E-state index contributed by atoms with van der Waals surface area (Å²) in [7, 11) is 1.57. The number of thiophene rings is 1. The van der Waals surface area contributed by atoms with Crippen LogP contribution in [0.3, 0.4) is 0 Å². The average molecular weight is 549 g/mol. The monoisotopic (exact) mass is 548 g/mol. The van der Waals surface area contributed by atoms with Crippen molar-refractivity contribution in [2.24, 2.45) is 0 Å². The molecular weight excluding hydrogens is 516 g/mol. The Bertz CT molecular complexity index is 1700. The smallest absolute Gasteiger partial charge is 0.267 e. The van der Waals surface area contributed by atoms with Gasteiger partial charge in [0.25, 0.3) is 17.4 Å². The molecule has 3 N–H and O–H groups in total. The lowest BCUT2D eigenvalue weighted by molar-refractivity contribution is 0.0748. The molecule has 1 aliphatic carbocycles. The predicted molar refractivity (Wildman–Crippen MR) is 151 cm³/mol. The molecule has 0 saturated carbocycles. The van der Waals surface area contributed by atoms with Crippen LogP contribution in [0.5, 0.6) is 0 Å². The Morgan fingerprint density at radius 1 is 1.21 bits per heavy atom. The number of nitrogens with one attached hydrogen (secondary N) is 3. The summed E-state index contributed by atoms with van der Waals surface area (Å²) < 4.78 is 8.70. The Morgan fingerprint density at radius 2 is 2.00 bits per heavy atom. The third kappa shape index (κ3) is 5.11. The van der Waals surface area contributed by atoms with Gasteiger partial charge in [-0.3, -0.25) is 24.2 Å². The molecule has 39 heavy (non-hydrogen) atoms. The standard InChI is InChI=1S/C28H32N6O4S/c1-16(2)38-14-8-13-34-23(29)18(15-19-24(34)31-21-11-6-7-12-33(21)28(19)37)25(35)32-27-22(26(36)30-3)17-9-4-5-10-20(17)39-27/h6-7,11-12,15-16,29H,4-5,8-10,13-14H2,1-3H3,(H,30,36)(H,32,35). The van der Waals surface area contributed by atoms with Crippen LogP contribution in [-0.4, -0.2) is 45.5 Å². The van der Waals surface area contributed by atoms with Gasteiger partial charge >= 0.3 is 0 Å². The summed E-state index contributed by atoms with van der Waals surface area (Å²) in [4.78, 5) is 45.7. The summed E-state index contributed by atoms with van der Waals surface area (Å²) in [5, 5.41) is 15.3. The molecule has 0 aliphatic heterocycles. The van der Waals surface area contributed by atoms with Crippen LogP contribution in [0.1, 0.15) is 64.3 Å². The van der Waals surface area contributed by atoms with Gasteiger partial charge in [0.2, 0.25) is 0 Å².